The van der Waals surface area contributed by atoms with E-state index in [1.54, 1.807) is 12.4 Å². The van der Waals surface area contributed by atoms with Gasteiger partial charge in [0.2, 0.25) is 0 Å². The Balaban J connectivity index is 1.87. The molecule has 3 rings (SSSR count). The van der Waals surface area contributed by atoms with Gasteiger partial charge in [-0.15, -0.1) is 0 Å². The van der Waals surface area contributed by atoms with Crippen molar-refractivity contribution in [3.05, 3.63) is 108 Å². The van der Waals surface area contributed by atoms with Gasteiger partial charge in [0.05, 0.1) is 0 Å². The van der Waals surface area contributed by atoms with Crippen molar-refractivity contribution in [1.82, 2.24) is 4.98 Å². The minimum atomic E-state index is 0.503. The van der Waals surface area contributed by atoms with E-state index in [1.165, 1.54) is 22.3 Å². The van der Waals surface area contributed by atoms with Crippen molar-refractivity contribution < 1.29 is 0 Å². The van der Waals surface area contributed by atoms with Crippen LogP contribution >= 0.6 is 0 Å². The van der Waals surface area contributed by atoms with E-state index in [1.807, 2.05) is 12.1 Å². The first-order valence-electron chi connectivity index (χ1n) is 9.56. The van der Waals surface area contributed by atoms with Crippen LogP contribution in [-0.4, -0.2) is 4.98 Å². The molecule has 0 N–H and O–H groups in total. The van der Waals surface area contributed by atoms with Gasteiger partial charge in [-0.1, -0.05) is 75.6 Å². The topological polar surface area (TPSA) is 12.9 Å². The number of hydrogen-bond acceptors (Lipinski definition) is 1. The maximum absolute atomic E-state index is 4.22. The fourth-order valence-electron chi connectivity index (χ4n) is 3.43. The van der Waals surface area contributed by atoms with E-state index in [4.69, 9.17) is 0 Å². The van der Waals surface area contributed by atoms with Crippen molar-refractivity contribution >= 4 is 17.2 Å². The molecule has 1 unspecified atom stereocenters. The molecule has 27 heavy (non-hydrogen) atoms. The molecule has 0 fully saturated rings. The average molecular weight is 354 g/mol. The van der Waals surface area contributed by atoms with Crippen LogP contribution in [-0.2, 0) is 0 Å². The Labute approximate surface area is 163 Å². The molecule has 0 spiro atoms. The molecule has 2 aromatic rings. The Morgan fingerprint density at radius 2 is 2.00 bits per heavy atom. The zero-order chi connectivity index (χ0) is 19.2. The highest BCUT2D eigenvalue weighted by Crippen LogP contribution is 2.34. The summed E-state index contributed by atoms with van der Waals surface area (Å²) in [6.45, 7) is 12.9. The van der Waals surface area contributed by atoms with Crippen molar-refractivity contribution in [3.63, 3.8) is 0 Å². The van der Waals surface area contributed by atoms with Crippen LogP contribution in [0.4, 0.5) is 0 Å². The van der Waals surface area contributed by atoms with Gasteiger partial charge in [-0.2, -0.15) is 0 Å². The molecule has 136 valence electrons. The molecule has 0 aliphatic heterocycles. The van der Waals surface area contributed by atoms with Gasteiger partial charge in [-0.25, -0.2) is 0 Å². The van der Waals surface area contributed by atoms with Crippen LogP contribution < -0.4 is 0 Å². The van der Waals surface area contributed by atoms with Crippen molar-refractivity contribution in [3.8, 4) is 0 Å². The number of pyridine rings is 1. The van der Waals surface area contributed by atoms with Crippen molar-refractivity contribution in [2.45, 2.75) is 32.6 Å². The summed E-state index contributed by atoms with van der Waals surface area (Å²) in [5.41, 5.74) is 8.47. The molecule has 1 aliphatic rings. The number of benzene rings is 1. The van der Waals surface area contributed by atoms with Gasteiger partial charge in [0.25, 0.3) is 0 Å². The lowest BCUT2D eigenvalue weighted by Crippen LogP contribution is -1.97. The molecule has 0 saturated heterocycles. The largest absolute Gasteiger partial charge is 0.265 e. The zero-order valence-corrected chi connectivity index (χ0v) is 16.3. The van der Waals surface area contributed by atoms with Gasteiger partial charge >= 0.3 is 0 Å². The van der Waals surface area contributed by atoms with E-state index in [0.29, 0.717) is 5.92 Å². The maximum Gasteiger partial charge on any atom is 0.0273 e. The Morgan fingerprint density at radius 3 is 2.74 bits per heavy atom. The second-order valence-corrected chi connectivity index (χ2v) is 7.08. The third-order valence-corrected chi connectivity index (χ3v) is 5.04. The highest BCUT2D eigenvalue weighted by molar-refractivity contribution is 5.78. The van der Waals surface area contributed by atoms with E-state index in [9.17, 15) is 0 Å². The Kier molecular flexibility index (Phi) is 6.03. The molecule has 0 bridgehead atoms. The van der Waals surface area contributed by atoms with Crippen LogP contribution in [0, 0.1) is 0 Å². The first-order valence-corrected chi connectivity index (χ1v) is 9.56. The molecule has 1 aliphatic carbocycles. The Bertz CT molecular complexity index is 926. The van der Waals surface area contributed by atoms with E-state index in [0.717, 1.165) is 29.6 Å². The molecule has 1 aromatic heterocycles. The van der Waals surface area contributed by atoms with Crippen LogP contribution in [0.15, 0.2) is 85.8 Å². The molecule has 1 atom stereocenters. The number of rotatable bonds is 5. The third-order valence-electron chi connectivity index (χ3n) is 5.04. The molecule has 0 radical (unpaired) electrons. The second kappa shape index (κ2) is 8.64. The van der Waals surface area contributed by atoms with Gasteiger partial charge in [0.15, 0.2) is 0 Å². The predicted octanol–water partition coefficient (Wildman–Crippen LogP) is 7.22. The average Bonchev–Trinajstić information content (AvgIpc) is 2.83. The Morgan fingerprint density at radius 1 is 1.22 bits per heavy atom. The maximum atomic E-state index is 4.22. The lowest BCUT2D eigenvalue weighted by atomic mass is 9.88. The van der Waals surface area contributed by atoms with Crippen LogP contribution in [0.1, 0.15) is 54.9 Å². The fourth-order valence-corrected chi connectivity index (χ4v) is 3.43. The van der Waals surface area contributed by atoms with Crippen LogP contribution in [0.5, 0.6) is 0 Å². The standard InChI is InChI=1S/C26H27N/c1-5-23(17-19(2)9-10-22-13-15-27-16-14-22)24-11-12-25-20(3)7-6-8-21(4)26(25)18-24/h6-7,9-18,21H,2-3,5,8H2,1,4H3/b10-9+,23-17+. The molecular formula is C26H27N. The van der Waals surface area contributed by atoms with Gasteiger partial charge in [0, 0.05) is 12.4 Å². The molecular weight excluding hydrogens is 326 g/mol. The minimum Gasteiger partial charge on any atom is -0.265 e. The van der Waals surface area contributed by atoms with E-state index >= 15 is 0 Å². The minimum absolute atomic E-state index is 0.503. The fraction of sp³-hybridized carbons (Fsp3) is 0.192. The number of allylic oxidation sites excluding steroid dienone is 7. The van der Waals surface area contributed by atoms with E-state index in [2.05, 4.69) is 80.6 Å². The van der Waals surface area contributed by atoms with Crippen molar-refractivity contribution in [2.24, 2.45) is 0 Å². The molecule has 1 heterocycles. The number of hydrogen-bond donors (Lipinski definition) is 0. The summed E-state index contributed by atoms with van der Waals surface area (Å²) in [5.74, 6) is 0.503. The molecule has 1 heteroatoms. The van der Waals surface area contributed by atoms with Gasteiger partial charge in [0.1, 0.15) is 0 Å². The molecule has 1 nitrogen and oxygen atoms in total. The number of nitrogens with zero attached hydrogens (tertiary/aromatic N) is 1. The number of aromatic nitrogens is 1. The highest BCUT2D eigenvalue weighted by Gasteiger charge is 2.15. The molecule has 1 aromatic carbocycles. The van der Waals surface area contributed by atoms with Crippen molar-refractivity contribution in [1.29, 1.82) is 0 Å². The number of fused-ring (bicyclic) bond motifs is 1. The summed E-state index contributed by atoms with van der Waals surface area (Å²) in [6.07, 6.45) is 16.3. The Hall–Kier alpha value is -2.93. The second-order valence-electron chi connectivity index (χ2n) is 7.08. The summed E-state index contributed by atoms with van der Waals surface area (Å²) in [4.78, 5) is 4.05. The third kappa shape index (κ3) is 4.62. The van der Waals surface area contributed by atoms with Crippen LogP contribution in [0.3, 0.4) is 0 Å². The van der Waals surface area contributed by atoms with Gasteiger partial charge in [-0.05, 0) is 69.9 Å². The lowest BCUT2D eigenvalue weighted by Gasteiger charge is -2.16. The summed E-state index contributed by atoms with van der Waals surface area (Å²) >= 11 is 0. The smallest absolute Gasteiger partial charge is 0.0273 e. The predicted molar refractivity (Wildman–Crippen MR) is 118 cm³/mol. The summed E-state index contributed by atoms with van der Waals surface area (Å²) in [7, 11) is 0. The zero-order valence-electron chi connectivity index (χ0n) is 16.3. The molecule has 0 amide bonds. The molecule has 0 saturated carbocycles. The SMILES string of the molecule is C=C(/C=C/c1ccncc1)/C=C(\CC)c1ccc2c(c1)C(C)CC=CC2=C. The van der Waals surface area contributed by atoms with Crippen LogP contribution in [0.2, 0.25) is 0 Å². The van der Waals surface area contributed by atoms with Gasteiger partial charge < -0.3 is 0 Å². The first-order chi connectivity index (χ1) is 13.1. The van der Waals surface area contributed by atoms with Crippen LogP contribution in [0.25, 0.3) is 17.2 Å². The quantitative estimate of drug-likeness (QED) is 0.517. The summed E-state index contributed by atoms with van der Waals surface area (Å²) in [6, 6.07) is 10.8. The van der Waals surface area contributed by atoms with Crippen molar-refractivity contribution in [2.75, 3.05) is 0 Å². The van der Waals surface area contributed by atoms with E-state index in [-0.39, 0.29) is 0 Å². The summed E-state index contributed by atoms with van der Waals surface area (Å²) in [5, 5.41) is 0. The van der Waals surface area contributed by atoms with Gasteiger partial charge in [-0.3, -0.25) is 4.98 Å². The normalized spacial score (nSPS) is 17.0. The summed E-state index contributed by atoms with van der Waals surface area (Å²) < 4.78 is 0. The first kappa shape index (κ1) is 18.8. The highest BCUT2D eigenvalue weighted by atomic mass is 14.6. The lowest BCUT2D eigenvalue weighted by molar-refractivity contribution is 0.782. The monoisotopic (exact) mass is 353 g/mol. The van der Waals surface area contributed by atoms with E-state index < -0.39 is 0 Å².